The SMILES string of the molecule is C[N+](C)(C)Br.[CH2]C. The Hall–Kier alpha value is 0.440. The predicted octanol–water partition coefficient (Wildman–Crippen LogP) is 1.84. The van der Waals surface area contributed by atoms with Crippen LogP contribution in [0.5, 0.6) is 0 Å². The van der Waals surface area contributed by atoms with Crippen molar-refractivity contribution >= 4 is 16.1 Å². The minimum absolute atomic E-state index is 0.812. The fourth-order valence-electron chi connectivity index (χ4n) is 0. The van der Waals surface area contributed by atoms with E-state index in [1.165, 1.54) is 0 Å². The lowest BCUT2D eigenvalue weighted by Gasteiger charge is -2.08. The van der Waals surface area contributed by atoms with E-state index in [-0.39, 0.29) is 0 Å². The average molecular weight is 168 g/mol. The number of nitrogens with zero attached hydrogens (tertiary/aromatic N) is 1. The normalized spacial score (nSPS) is 9.43. The number of hydrogen-bond acceptors (Lipinski definition) is 0. The van der Waals surface area contributed by atoms with Gasteiger partial charge in [-0.05, 0) is 0 Å². The molecule has 0 heterocycles. The highest BCUT2D eigenvalue weighted by molar-refractivity contribution is 9.05. The van der Waals surface area contributed by atoms with Crippen LogP contribution in [-0.4, -0.2) is 24.7 Å². The molecule has 0 atom stereocenters. The zero-order valence-electron chi connectivity index (χ0n) is 5.53. The summed E-state index contributed by atoms with van der Waals surface area (Å²) in [6, 6.07) is 0. The molecule has 45 valence electrons. The van der Waals surface area contributed by atoms with Gasteiger partial charge in [-0.15, -0.1) is 0 Å². The summed E-state index contributed by atoms with van der Waals surface area (Å²) in [4.78, 5) is 0. The molecule has 1 nitrogen and oxygen atoms in total. The summed E-state index contributed by atoms with van der Waals surface area (Å²) in [6.45, 7) is 5.00. The fourth-order valence-corrected chi connectivity index (χ4v) is 0. The van der Waals surface area contributed by atoms with Crippen molar-refractivity contribution in [3.63, 3.8) is 0 Å². The molecule has 1 radical (unpaired) electrons. The van der Waals surface area contributed by atoms with E-state index in [4.69, 9.17) is 0 Å². The van der Waals surface area contributed by atoms with Crippen LogP contribution in [0, 0.1) is 6.92 Å². The van der Waals surface area contributed by atoms with Crippen LogP contribution in [0.1, 0.15) is 6.92 Å². The fraction of sp³-hybridized carbons (Fsp3) is 0.800. The smallest absolute Gasteiger partial charge is 0.226 e. The average Bonchev–Trinajstić information content (AvgIpc) is 1.36. The first-order valence-electron chi connectivity index (χ1n) is 2.22. The summed E-state index contributed by atoms with van der Waals surface area (Å²) in [5, 5.41) is 0. The zero-order valence-corrected chi connectivity index (χ0v) is 7.12. The van der Waals surface area contributed by atoms with Crippen molar-refractivity contribution in [2.24, 2.45) is 0 Å². The Morgan fingerprint density at radius 3 is 1.14 bits per heavy atom. The van der Waals surface area contributed by atoms with Crippen molar-refractivity contribution < 1.29 is 3.51 Å². The van der Waals surface area contributed by atoms with Crippen LogP contribution in [0.4, 0.5) is 0 Å². The van der Waals surface area contributed by atoms with Gasteiger partial charge in [-0.2, -0.15) is 0 Å². The molecule has 0 aromatic carbocycles. The molecule has 2 heteroatoms. The van der Waals surface area contributed by atoms with Gasteiger partial charge in [-0.25, -0.2) is 0 Å². The van der Waals surface area contributed by atoms with Gasteiger partial charge < -0.3 is 0 Å². The van der Waals surface area contributed by atoms with E-state index in [0.29, 0.717) is 0 Å². The van der Waals surface area contributed by atoms with Gasteiger partial charge in [0, 0.05) is 0 Å². The molecule has 0 saturated heterocycles. The molecule has 0 aliphatic rings. The Kier molecular flexibility index (Phi) is 6.84. The topological polar surface area (TPSA) is 0 Å². The van der Waals surface area contributed by atoms with Gasteiger partial charge in [0.05, 0.1) is 21.1 Å². The Balaban J connectivity index is 0. The maximum Gasteiger partial charge on any atom is 0.226 e. The highest BCUT2D eigenvalue weighted by Gasteiger charge is 1.94. The highest BCUT2D eigenvalue weighted by Crippen LogP contribution is 1.96. The van der Waals surface area contributed by atoms with Gasteiger partial charge in [-0.3, -0.25) is 3.51 Å². The lowest BCUT2D eigenvalue weighted by molar-refractivity contribution is -0.709. The van der Waals surface area contributed by atoms with Crippen LogP contribution in [0.2, 0.25) is 0 Å². The van der Waals surface area contributed by atoms with E-state index in [1.54, 1.807) is 6.92 Å². The van der Waals surface area contributed by atoms with Gasteiger partial charge in [0.1, 0.15) is 0 Å². The summed E-state index contributed by atoms with van der Waals surface area (Å²) >= 11 is 3.31. The van der Waals surface area contributed by atoms with Crippen molar-refractivity contribution in [2.45, 2.75) is 6.92 Å². The van der Waals surface area contributed by atoms with Crippen molar-refractivity contribution in [1.29, 1.82) is 0 Å². The number of hydrogen-bond donors (Lipinski definition) is 0. The summed E-state index contributed by atoms with van der Waals surface area (Å²) < 4.78 is 0.812. The first-order valence-corrected chi connectivity index (χ1v) is 2.93. The van der Waals surface area contributed by atoms with Crippen LogP contribution in [-0.2, 0) is 0 Å². The lowest BCUT2D eigenvalue weighted by atomic mass is 11.0. The maximum absolute atomic E-state index is 3.31. The van der Waals surface area contributed by atoms with Crippen LogP contribution in [0.25, 0.3) is 0 Å². The van der Waals surface area contributed by atoms with E-state index in [2.05, 4.69) is 23.1 Å². The molecule has 7 heavy (non-hydrogen) atoms. The second-order valence-corrected chi connectivity index (χ2v) is 3.98. The molecule has 0 aromatic heterocycles. The van der Waals surface area contributed by atoms with Gasteiger partial charge in [0.25, 0.3) is 0 Å². The lowest BCUT2D eigenvalue weighted by Crippen LogP contribution is -2.18. The van der Waals surface area contributed by atoms with Crippen LogP contribution in [0.15, 0.2) is 0 Å². The summed E-state index contributed by atoms with van der Waals surface area (Å²) in [6.07, 6.45) is 0. The van der Waals surface area contributed by atoms with Gasteiger partial charge in [0.15, 0.2) is 0 Å². The summed E-state index contributed by atoms with van der Waals surface area (Å²) in [5.41, 5.74) is 0. The number of rotatable bonds is 0. The molecule has 0 fully saturated rings. The van der Waals surface area contributed by atoms with Crippen LogP contribution < -0.4 is 0 Å². The second kappa shape index (κ2) is 4.60. The molecule has 0 rings (SSSR count). The summed E-state index contributed by atoms with van der Waals surface area (Å²) in [5.74, 6) is 0. The monoisotopic (exact) mass is 167 g/mol. The van der Waals surface area contributed by atoms with Crippen LogP contribution in [0.3, 0.4) is 0 Å². The zero-order chi connectivity index (χ0) is 6.50. The Bertz CT molecular complexity index is 23.6. The van der Waals surface area contributed by atoms with Crippen LogP contribution >= 0.6 is 16.1 Å². The molecule has 0 bridgehead atoms. The Morgan fingerprint density at radius 2 is 1.14 bits per heavy atom. The third-order valence-electron chi connectivity index (χ3n) is 0. The molecule has 0 aliphatic carbocycles. The van der Waals surface area contributed by atoms with E-state index in [0.717, 1.165) is 3.51 Å². The molecule has 0 aliphatic heterocycles. The maximum atomic E-state index is 3.31. The molecule has 0 aromatic rings. The van der Waals surface area contributed by atoms with Crippen molar-refractivity contribution in [2.75, 3.05) is 21.1 Å². The van der Waals surface area contributed by atoms with E-state index in [1.807, 2.05) is 21.1 Å². The first kappa shape index (κ1) is 10.4. The Labute approximate surface area is 55.3 Å². The predicted molar refractivity (Wildman–Crippen MR) is 38.0 cm³/mol. The third-order valence-corrected chi connectivity index (χ3v) is 0. The largest absolute Gasteiger partial charge is 0.263 e. The minimum atomic E-state index is 0.812. The summed E-state index contributed by atoms with van der Waals surface area (Å²) in [7, 11) is 6.12. The highest BCUT2D eigenvalue weighted by atomic mass is 79.9. The Morgan fingerprint density at radius 1 is 1.14 bits per heavy atom. The van der Waals surface area contributed by atoms with Gasteiger partial charge >= 0.3 is 0 Å². The standard InChI is InChI=1S/C3H9BrN.C2H5/c1-5(2,3)4;1-2/h1-3H3;1H2,2H3/q+1;. The van der Waals surface area contributed by atoms with Gasteiger partial charge in [-0.1, -0.05) is 13.8 Å². The molecule has 0 saturated carbocycles. The molecule has 0 unspecified atom stereocenters. The van der Waals surface area contributed by atoms with E-state index < -0.39 is 0 Å². The number of halogens is 1. The van der Waals surface area contributed by atoms with E-state index in [9.17, 15) is 0 Å². The number of quaternary nitrogens is 1. The third kappa shape index (κ3) is 656. The molecule has 0 spiro atoms. The molecule has 0 N–H and O–H groups in total. The first-order chi connectivity index (χ1) is 3.00. The van der Waals surface area contributed by atoms with Crippen molar-refractivity contribution in [3.05, 3.63) is 6.92 Å². The van der Waals surface area contributed by atoms with Gasteiger partial charge in [0.2, 0.25) is 16.1 Å². The quantitative estimate of drug-likeness (QED) is 0.484. The van der Waals surface area contributed by atoms with E-state index >= 15 is 0 Å². The second-order valence-electron chi connectivity index (χ2n) is 1.85. The van der Waals surface area contributed by atoms with Crippen molar-refractivity contribution in [1.82, 2.24) is 0 Å². The molecule has 0 amide bonds. The van der Waals surface area contributed by atoms with Crippen molar-refractivity contribution in [3.8, 4) is 0 Å². The molecular weight excluding hydrogens is 154 g/mol. The molecular formula is C5H14BrN+. The minimum Gasteiger partial charge on any atom is -0.263 e.